The van der Waals surface area contributed by atoms with Gasteiger partial charge in [-0.05, 0) is 22.2 Å². The molecule has 6 heteroatoms. The van der Waals surface area contributed by atoms with Crippen LogP contribution in [0.15, 0.2) is 29.1 Å². The summed E-state index contributed by atoms with van der Waals surface area (Å²) in [5, 5.41) is 7.44. The highest BCUT2D eigenvalue weighted by atomic mass is 16.7. The maximum Gasteiger partial charge on any atom is 0.323 e. The largest absolute Gasteiger partial charge is 0.323 e. The van der Waals surface area contributed by atoms with Crippen LogP contribution >= 0.6 is 0 Å². The van der Waals surface area contributed by atoms with Crippen molar-refractivity contribution < 1.29 is 9.63 Å². The third kappa shape index (κ3) is 1.22. The summed E-state index contributed by atoms with van der Waals surface area (Å²) in [6.07, 6.45) is 0. The molecular weight excluding hydrogens is 186 g/mol. The summed E-state index contributed by atoms with van der Waals surface area (Å²) in [6.45, 7) is 0.116. The van der Waals surface area contributed by atoms with E-state index < -0.39 is 5.56 Å². The van der Waals surface area contributed by atoms with Gasteiger partial charge in [-0.15, -0.1) is 5.10 Å². The van der Waals surface area contributed by atoms with Gasteiger partial charge in [0.25, 0.3) is 0 Å². The van der Waals surface area contributed by atoms with Crippen LogP contribution in [-0.2, 0) is 4.79 Å². The molecule has 1 aromatic carbocycles. The first-order valence-corrected chi connectivity index (χ1v) is 3.78. The summed E-state index contributed by atoms with van der Waals surface area (Å²) in [5.74, 6) is 0. The minimum atomic E-state index is -0.511. The number of hydrogen-bond donors (Lipinski definition) is 0. The first kappa shape index (κ1) is 8.36. The van der Waals surface area contributed by atoms with E-state index in [1.165, 1.54) is 0 Å². The van der Waals surface area contributed by atoms with Gasteiger partial charge in [0.1, 0.15) is 5.52 Å². The Kier molecular flexibility index (Phi) is 1.94. The van der Waals surface area contributed by atoms with Gasteiger partial charge in [0, 0.05) is 0 Å². The fraction of sp³-hybridized carbons (Fsp3) is 0. The van der Waals surface area contributed by atoms with E-state index >= 15 is 0 Å². The molecule has 0 aliphatic rings. The number of fused-ring (bicyclic) bond motifs is 1. The van der Waals surface area contributed by atoms with E-state index in [2.05, 4.69) is 15.1 Å². The Morgan fingerprint density at radius 3 is 2.93 bits per heavy atom. The monoisotopic (exact) mass is 191 g/mol. The smallest absolute Gasteiger partial charge is 0.317 e. The SMILES string of the molecule is O=COn1nnc2ccccc2c1=O. The lowest BCUT2D eigenvalue weighted by atomic mass is 10.2. The maximum atomic E-state index is 11.5. The zero-order valence-electron chi connectivity index (χ0n) is 6.95. The molecule has 6 nitrogen and oxygen atoms in total. The van der Waals surface area contributed by atoms with E-state index in [1.807, 2.05) is 0 Å². The minimum absolute atomic E-state index is 0.116. The topological polar surface area (TPSA) is 74.1 Å². The van der Waals surface area contributed by atoms with Crippen molar-refractivity contribution in [3.8, 4) is 0 Å². The molecule has 1 heterocycles. The lowest BCUT2D eigenvalue weighted by molar-refractivity contribution is -0.131. The normalized spacial score (nSPS) is 10.0. The minimum Gasteiger partial charge on any atom is -0.317 e. The fourth-order valence-corrected chi connectivity index (χ4v) is 1.08. The second-order valence-electron chi connectivity index (χ2n) is 2.49. The zero-order valence-corrected chi connectivity index (χ0v) is 6.95. The number of nitrogens with zero attached hydrogens (tertiary/aromatic N) is 3. The summed E-state index contributed by atoms with van der Waals surface area (Å²) < 4.78 is 0. The third-order valence-electron chi connectivity index (χ3n) is 1.68. The second-order valence-corrected chi connectivity index (χ2v) is 2.49. The van der Waals surface area contributed by atoms with Gasteiger partial charge in [-0.25, -0.2) is 0 Å². The van der Waals surface area contributed by atoms with Gasteiger partial charge < -0.3 is 4.84 Å². The van der Waals surface area contributed by atoms with Gasteiger partial charge in [0.2, 0.25) is 0 Å². The highest BCUT2D eigenvalue weighted by Gasteiger charge is 2.04. The van der Waals surface area contributed by atoms with Crippen LogP contribution in [0.3, 0.4) is 0 Å². The number of carbonyl (C=O) groups is 1. The lowest BCUT2D eigenvalue weighted by Gasteiger charge is -1.98. The molecule has 0 aliphatic carbocycles. The van der Waals surface area contributed by atoms with E-state index in [9.17, 15) is 9.59 Å². The molecule has 0 saturated carbocycles. The van der Waals surface area contributed by atoms with E-state index in [-0.39, 0.29) is 6.47 Å². The summed E-state index contributed by atoms with van der Waals surface area (Å²) >= 11 is 0. The molecule has 2 rings (SSSR count). The van der Waals surface area contributed by atoms with Crippen molar-refractivity contribution >= 4 is 17.4 Å². The molecular formula is C8H5N3O3. The van der Waals surface area contributed by atoms with Gasteiger partial charge in [0.05, 0.1) is 5.39 Å². The highest BCUT2D eigenvalue weighted by molar-refractivity contribution is 5.76. The molecule has 70 valence electrons. The molecule has 0 amide bonds. The molecule has 0 saturated heterocycles. The molecule has 0 spiro atoms. The Balaban J connectivity index is 2.75. The Hall–Kier alpha value is -2.24. The molecule has 14 heavy (non-hydrogen) atoms. The summed E-state index contributed by atoms with van der Waals surface area (Å²) in [7, 11) is 0. The van der Waals surface area contributed by atoms with Gasteiger partial charge >= 0.3 is 12.0 Å². The molecule has 0 unspecified atom stereocenters. The van der Waals surface area contributed by atoms with Crippen LogP contribution < -0.4 is 10.4 Å². The Bertz CT molecular complexity index is 535. The van der Waals surface area contributed by atoms with Crippen LogP contribution in [0.25, 0.3) is 10.9 Å². The van der Waals surface area contributed by atoms with Crippen LogP contribution in [0.5, 0.6) is 0 Å². The van der Waals surface area contributed by atoms with Crippen LogP contribution in [0.4, 0.5) is 0 Å². The predicted octanol–water partition coefficient (Wildman–Crippen LogP) is -0.624. The van der Waals surface area contributed by atoms with E-state index in [0.29, 0.717) is 15.7 Å². The number of carbonyl (C=O) groups excluding carboxylic acids is 1. The van der Waals surface area contributed by atoms with E-state index in [0.717, 1.165) is 0 Å². The second kappa shape index (κ2) is 3.25. The molecule has 0 atom stereocenters. The highest BCUT2D eigenvalue weighted by Crippen LogP contribution is 2.02. The van der Waals surface area contributed by atoms with Crippen molar-refractivity contribution in [3.63, 3.8) is 0 Å². The molecule has 2 aromatic rings. The van der Waals surface area contributed by atoms with Crippen molar-refractivity contribution in [2.24, 2.45) is 0 Å². The van der Waals surface area contributed by atoms with Crippen molar-refractivity contribution in [1.82, 2.24) is 15.2 Å². The number of rotatable bonds is 2. The first-order valence-electron chi connectivity index (χ1n) is 3.78. The van der Waals surface area contributed by atoms with Crippen molar-refractivity contribution in [1.29, 1.82) is 0 Å². The number of benzene rings is 1. The van der Waals surface area contributed by atoms with Gasteiger partial charge in [-0.2, -0.15) is 0 Å². The fourth-order valence-electron chi connectivity index (χ4n) is 1.08. The number of hydrogen-bond acceptors (Lipinski definition) is 5. The predicted molar refractivity (Wildman–Crippen MR) is 46.4 cm³/mol. The Labute approximate surface area is 77.7 Å². The average Bonchev–Trinajstić information content (AvgIpc) is 2.23. The van der Waals surface area contributed by atoms with E-state index in [4.69, 9.17) is 0 Å². The molecule has 0 bridgehead atoms. The average molecular weight is 191 g/mol. The van der Waals surface area contributed by atoms with Crippen LogP contribution in [0, 0.1) is 0 Å². The molecule has 1 aromatic heterocycles. The summed E-state index contributed by atoms with van der Waals surface area (Å²) in [4.78, 5) is 26.3. The summed E-state index contributed by atoms with van der Waals surface area (Å²) in [5.41, 5.74) is -0.0500. The van der Waals surface area contributed by atoms with Crippen LogP contribution in [-0.4, -0.2) is 21.6 Å². The van der Waals surface area contributed by atoms with Gasteiger partial charge in [0.15, 0.2) is 0 Å². The van der Waals surface area contributed by atoms with Crippen molar-refractivity contribution in [2.45, 2.75) is 0 Å². The molecule has 0 fully saturated rings. The number of aromatic nitrogens is 3. The Morgan fingerprint density at radius 2 is 2.14 bits per heavy atom. The van der Waals surface area contributed by atoms with E-state index in [1.54, 1.807) is 24.3 Å². The lowest BCUT2D eigenvalue weighted by Crippen LogP contribution is -2.29. The molecule has 0 radical (unpaired) electrons. The Morgan fingerprint density at radius 1 is 1.36 bits per heavy atom. The van der Waals surface area contributed by atoms with Crippen molar-refractivity contribution in [2.75, 3.05) is 0 Å². The summed E-state index contributed by atoms with van der Waals surface area (Å²) in [6, 6.07) is 6.66. The van der Waals surface area contributed by atoms with Gasteiger partial charge in [-0.1, -0.05) is 12.1 Å². The first-order chi connectivity index (χ1) is 6.83. The quantitative estimate of drug-likeness (QED) is 0.467. The van der Waals surface area contributed by atoms with Crippen LogP contribution in [0.1, 0.15) is 0 Å². The standard InChI is InChI=1S/C8H5N3O3/c12-5-14-11-8(13)6-3-1-2-4-7(6)9-10-11/h1-5H. The third-order valence-corrected chi connectivity index (χ3v) is 1.68. The molecule has 0 N–H and O–H groups in total. The zero-order chi connectivity index (χ0) is 9.97. The molecule has 0 aliphatic heterocycles. The van der Waals surface area contributed by atoms with Gasteiger partial charge in [-0.3, -0.25) is 9.59 Å². The van der Waals surface area contributed by atoms with Crippen LogP contribution in [0.2, 0.25) is 0 Å². The maximum absolute atomic E-state index is 11.5. The van der Waals surface area contributed by atoms with Crippen molar-refractivity contribution in [3.05, 3.63) is 34.6 Å².